The zero-order chi connectivity index (χ0) is 23.1. The predicted molar refractivity (Wildman–Crippen MR) is 121 cm³/mol. The van der Waals surface area contributed by atoms with Crippen LogP contribution in [0.2, 0.25) is 0 Å². The molecule has 10 nitrogen and oxygen atoms in total. The summed E-state index contributed by atoms with van der Waals surface area (Å²) in [5, 5.41) is 7.95. The molecule has 0 aliphatic carbocycles. The number of hydrogen-bond acceptors (Lipinski definition) is 7. The van der Waals surface area contributed by atoms with Gasteiger partial charge in [-0.1, -0.05) is 0 Å². The second-order valence-corrected chi connectivity index (χ2v) is 10.1. The van der Waals surface area contributed by atoms with Gasteiger partial charge in [-0.25, -0.2) is 9.48 Å². The Morgan fingerprint density at radius 1 is 1.28 bits per heavy atom. The molecule has 4 heterocycles. The van der Waals surface area contributed by atoms with Crippen LogP contribution in [0.5, 0.6) is 0 Å². The molecule has 1 atom stereocenters. The molecule has 2 aromatic heterocycles. The van der Waals surface area contributed by atoms with E-state index in [1.165, 1.54) is 0 Å². The Morgan fingerprint density at radius 3 is 2.62 bits per heavy atom. The van der Waals surface area contributed by atoms with Crippen LogP contribution in [-0.4, -0.2) is 56.3 Å². The first-order valence-corrected chi connectivity index (χ1v) is 11.4. The number of carbonyl (C=O) groups excluding carboxylic acids is 1. The number of amides is 1. The average Bonchev–Trinajstić information content (AvgIpc) is 3.14. The molecule has 2 aliphatic rings. The first-order chi connectivity index (χ1) is 15.1. The van der Waals surface area contributed by atoms with Gasteiger partial charge in [0.2, 0.25) is 5.95 Å². The quantitative estimate of drug-likeness (QED) is 0.773. The van der Waals surface area contributed by atoms with Crippen molar-refractivity contribution in [1.29, 1.82) is 0 Å². The maximum absolute atomic E-state index is 13.0. The first-order valence-electron chi connectivity index (χ1n) is 11.4. The van der Waals surface area contributed by atoms with E-state index in [0.717, 1.165) is 19.3 Å². The minimum Gasteiger partial charge on any atom is -0.444 e. The summed E-state index contributed by atoms with van der Waals surface area (Å²) in [6, 6.07) is 0. The highest BCUT2D eigenvalue weighted by molar-refractivity contribution is 5.75. The van der Waals surface area contributed by atoms with Crippen molar-refractivity contribution in [3.05, 3.63) is 16.6 Å². The number of hydrogen-bond donors (Lipinski definition) is 1. The highest BCUT2D eigenvalue weighted by Crippen LogP contribution is 2.28. The fourth-order valence-electron chi connectivity index (χ4n) is 4.34. The lowest BCUT2D eigenvalue weighted by atomic mass is 9.90. The third kappa shape index (κ3) is 4.60. The molecule has 176 valence electrons. The molecule has 2 aliphatic heterocycles. The Balaban J connectivity index is 1.53. The summed E-state index contributed by atoms with van der Waals surface area (Å²) >= 11 is 0. The van der Waals surface area contributed by atoms with Crippen molar-refractivity contribution in [2.24, 2.45) is 7.05 Å². The monoisotopic (exact) mass is 446 g/mol. The molecule has 10 heteroatoms. The van der Waals surface area contributed by atoms with Gasteiger partial charge < -0.3 is 19.7 Å². The fraction of sp³-hybridized carbons (Fsp3) is 0.727. The van der Waals surface area contributed by atoms with Gasteiger partial charge >= 0.3 is 6.09 Å². The van der Waals surface area contributed by atoms with Crippen LogP contribution in [0.15, 0.2) is 11.0 Å². The number of nitrogens with one attached hydrogen (secondary N) is 1. The third-order valence-electron chi connectivity index (χ3n) is 6.19. The van der Waals surface area contributed by atoms with E-state index in [1.807, 2.05) is 27.7 Å². The van der Waals surface area contributed by atoms with Crippen molar-refractivity contribution in [2.45, 2.75) is 77.2 Å². The SMILES string of the molecule is Cn1c(N2CCC(C)(NC(=O)OC(C)(C)C)CC2)nc2c(cnn2C2CCCCO2)c1=O. The number of aromatic nitrogens is 4. The lowest BCUT2D eigenvalue weighted by molar-refractivity contribution is -0.0370. The van der Waals surface area contributed by atoms with Gasteiger partial charge in [-0.2, -0.15) is 10.1 Å². The van der Waals surface area contributed by atoms with Crippen LogP contribution in [0.1, 0.15) is 66.0 Å². The van der Waals surface area contributed by atoms with Crippen molar-refractivity contribution in [3.8, 4) is 0 Å². The molecule has 0 aromatic carbocycles. The predicted octanol–water partition coefficient (Wildman–Crippen LogP) is 2.71. The molecule has 2 fully saturated rings. The second kappa shape index (κ2) is 8.38. The first kappa shape index (κ1) is 22.6. The summed E-state index contributed by atoms with van der Waals surface area (Å²) in [6.45, 7) is 9.59. The lowest BCUT2D eigenvalue weighted by Gasteiger charge is -2.40. The smallest absolute Gasteiger partial charge is 0.408 e. The largest absolute Gasteiger partial charge is 0.444 e. The van der Waals surface area contributed by atoms with Gasteiger partial charge in [0.05, 0.1) is 6.20 Å². The van der Waals surface area contributed by atoms with Crippen molar-refractivity contribution in [3.63, 3.8) is 0 Å². The van der Waals surface area contributed by atoms with E-state index in [9.17, 15) is 9.59 Å². The zero-order valence-electron chi connectivity index (χ0n) is 19.7. The van der Waals surface area contributed by atoms with Crippen molar-refractivity contribution in [2.75, 3.05) is 24.6 Å². The molecule has 0 radical (unpaired) electrons. The van der Waals surface area contributed by atoms with Crippen LogP contribution in [0.3, 0.4) is 0 Å². The molecule has 1 unspecified atom stereocenters. The fourth-order valence-corrected chi connectivity index (χ4v) is 4.34. The molecular weight excluding hydrogens is 412 g/mol. The number of rotatable bonds is 3. The maximum Gasteiger partial charge on any atom is 0.408 e. The van der Waals surface area contributed by atoms with Gasteiger partial charge in [0.25, 0.3) is 5.56 Å². The normalized spacial score (nSPS) is 21.5. The summed E-state index contributed by atoms with van der Waals surface area (Å²) in [7, 11) is 1.74. The molecule has 0 saturated carbocycles. The van der Waals surface area contributed by atoms with Gasteiger partial charge in [0.15, 0.2) is 11.9 Å². The van der Waals surface area contributed by atoms with Gasteiger partial charge in [-0.3, -0.25) is 9.36 Å². The Morgan fingerprint density at radius 2 is 2.00 bits per heavy atom. The molecule has 2 aromatic rings. The van der Waals surface area contributed by atoms with Crippen molar-refractivity contribution >= 4 is 23.1 Å². The minimum atomic E-state index is -0.538. The summed E-state index contributed by atoms with van der Waals surface area (Å²) in [4.78, 5) is 32.2. The number of fused-ring (bicyclic) bond motifs is 1. The summed E-state index contributed by atoms with van der Waals surface area (Å²) in [6.07, 6.45) is 5.40. The van der Waals surface area contributed by atoms with Gasteiger partial charge in [0, 0.05) is 32.3 Å². The van der Waals surface area contributed by atoms with Gasteiger partial charge in [-0.05, 0) is 59.8 Å². The van der Waals surface area contributed by atoms with Crippen LogP contribution in [0.4, 0.5) is 10.7 Å². The Kier molecular flexibility index (Phi) is 5.91. The highest BCUT2D eigenvalue weighted by Gasteiger charge is 2.34. The number of alkyl carbamates (subject to hydrolysis) is 1. The molecular formula is C22H34N6O4. The van der Waals surface area contributed by atoms with E-state index in [4.69, 9.17) is 14.5 Å². The summed E-state index contributed by atoms with van der Waals surface area (Å²) in [5.74, 6) is 0.611. The summed E-state index contributed by atoms with van der Waals surface area (Å²) in [5.41, 5.74) is -0.467. The Bertz CT molecular complexity index is 1040. The Labute approximate surface area is 187 Å². The lowest BCUT2D eigenvalue weighted by Crippen LogP contribution is -2.55. The molecule has 2 saturated heterocycles. The van der Waals surface area contributed by atoms with E-state index in [1.54, 1.807) is 22.5 Å². The molecule has 0 bridgehead atoms. The minimum absolute atomic E-state index is 0.118. The van der Waals surface area contributed by atoms with Crippen LogP contribution in [0, 0.1) is 0 Å². The van der Waals surface area contributed by atoms with Gasteiger partial charge in [-0.15, -0.1) is 0 Å². The average molecular weight is 447 g/mol. The second-order valence-electron chi connectivity index (χ2n) is 10.1. The molecule has 4 rings (SSSR count). The van der Waals surface area contributed by atoms with E-state index in [-0.39, 0.29) is 17.3 Å². The molecule has 1 N–H and O–H groups in total. The molecule has 1 amide bonds. The van der Waals surface area contributed by atoms with E-state index in [0.29, 0.717) is 49.5 Å². The molecule has 0 spiro atoms. The third-order valence-corrected chi connectivity index (χ3v) is 6.19. The van der Waals surface area contributed by atoms with E-state index < -0.39 is 11.7 Å². The maximum atomic E-state index is 13.0. The van der Waals surface area contributed by atoms with Crippen molar-refractivity contribution < 1.29 is 14.3 Å². The van der Waals surface area contributed by atoms with E-state index in [2.05, 4.69) is 15.3 Å². The van der Waals surface area contributed by atoms with Crippen LogP contribution < -0.4 is 15.8 Å². The van der Waals surface area contributed by atoms with Crippen molar-refractivity contribution in [1.82, 2.24) is 24.6 Å². The molecule has 32 heavy (non-hydrogen) atoms. The van der Waals surface area contributed by atoms with E-state index >= 15 is 0 Å². The van der Waals surface area contributed by atoms with Crippen LogP contribution in [0.25, 0.3) is 11.0 Å². The topological polar surface area (TPSA) is 104 Å². The number of carbonyl (C=O) groups is 1. The van der Waals surface area contributed by atoms with Crippen LogP contribution >= 0.6 is 0 Å². The number of ether oxygens (including phenoxy) is 2. The number of piperidine rings is 1. The van der Waals surface area contributed by atoms with Crippen LogP contribution in [-0.2, 0) is 16.5 Å². The zero-order valence-corrected chi connectivity index (χ0v) is 19.7. The number of nitrogens with zero attached hydrogens (tertiary/aromatic N) is 5. The summed E-state index contributed by atoms with van der Waals surface area (Å²) < 4.78 is 14.6. The number of anilines is 1. The standard InChI is InChI=1S/C22H34N6O4/c1-21(2,3)32-20(30)25-22(4)9-11-27(12-10-22)19-24-17-15(18(29)26(19)5)14-23-28(17)16-8-6-7-13-31-16/h14,16H,6-13H2,1-5H3,(H,25,30). The van der Waals surface area contributed by atoms with Gasteiger partial charge in [0.1, 0.15) is 11.0 Å². The Hall–Kier alpha value is -2.62. The highest BCUT2D eigenvalue weighted by atomic mass is 16.6.